The maximum atomic E-state index is 11.9. The first-order valence-electron chi connectivity index (χ1n) is 19.5. The molecule has 0 aliphatic rings. The molecule has 0 saturated heterocycles. The van der Waals surface area contributed by atoms with E-state index in [0.717, 1.165) is 12.8 Å². The zero-order valence-corrected chi connectivity index (χ0v) is 28.8. The van der Waals surface area contributed by atoms with E-state index in [1.54, 1.807) is 0 Å². The molecule has 0 amide bonds. The highest BCUT2D eigenvalue weighted by Crippen LogP contribution is 2.16. The van der Waals surface area contributed by atoms with Gasteiger partial charge in [-0.25, -0.2) is 0 Å². The van der Waals surface area contributed by atoms with Gasteiger partial charge in [0.2, 0.25) is 0 Å². The number of esters is 1. The minimum Gasteiger partial charge on any atom is -0.466 e. The van der Waals surface area contributed by atoms with Gasteiger partial charge in [-0.15, -0.1) is 0 Å². The molecule has 0 atom stereocenters. The fourth-order valence-corrected chi connectivity index (χ4v) is 6.08. The van der Waals surface area contributed by atoms with Gasteiger partial charge < -0.3 is 4.74 Å². The van der Waals surface area contributed by atoms with Crippen LogP contribution in [0.1, 0.15) is 239 Å². The molecule has 0 radical (unpaired) electrons. The number of hydrogen-bond acceptors (Lipinski definition) is 2. The highest BCUT2D eigenvalue weighted by atomic mass is 16.5. The summed E-state index contributed by atoms with van der Waals surface area (Å²) in [4.78, 5) is 11.9. The zero-order valence-electron chi connectivity index (χ0n) is 28.8. The molecule has 0 heterocycles. The van der Waals surface area contributed by atoms with Gasteiger partial charge in [0.25, 0.3) is 0 Å². The summed E-state index contributed by atoms with van der Waals surface area (Å²) >= 11 is 0. The van der Waals surface area contributed by atoms with Crippen LogP contribution < -0.4 is 0 Å². The summed E-state index contributed by atoms with van der Waals surface area (Å²) in [5.74, 6) is 0.0289. The van der Waals surface area contributed by atoms with Crippen molar-refractivity contribution in [1.29, 1.82) is 0 Å². The van der Waals surface area contributed by atoms with Gasteiger partial charge in [0, 0.05) is 6.42 Å². The highest BCUT2D eigenvalue weighted by Gasteiger charge is 2.03. The normalized spacial score (nSPS) is 11.4. The van der Waals surface area contributed by atoms with Crippen LogP contribution in [-0.2, 0) is 9.53 Å². The van der Waals surface area contributed by atoms with Gasteiger partial charge in [-0.2, -0.15) is 0 Å². The monoisotopic (exact) mass is 579 g/mol. The number of carbonyl (C=O) groups excluding carboxylic acids is 1. The summed E-state index contributed by atoms with van der Waals surface area (Å²) in [7, 11) is 0. The molecule has 0 spiro atoms. The molecular formula is C39H78O2. The van der Waals surface area contributed by atoms with Gasteiger partial charge in [-0.3, -0.25) is 4.79 Å². The van der Waals surface area contributed by atoms with Crippen molar-refractivity contribution in [3.8, 4) is 0 Å². The smallest absolute Gasteiger partial charge is 0.305 e. The first-order valence-corrected chi connectivity index (χ1v) is 19.5. The minimum absolute atomic E-state index is 0.0289. The Kier molecular flexibility index (Phi) is 37.0. The SMILES string of the molecule is CCCCCCCCCCCCCCCCCCCCCCCOC(=O)CCCCCCCCCCCCCCC. The average Bonchev–Trinajstić information content (AvgIpc) is 2.98. The topological polar surface area (TPSA) is 26.3 Å². The molecule has 41 heavy (non-hydrogen) atoms. The Bertz CT molecular complexity index is 474. The van der Waals surface area contributed by atoms with Crippen molar-refractivity contribution in [2.75, 3.05) is 6.61 Å². The molecule has 0 aromatic rings. The quantitative estimate of drug-likeness (QED) is 0.0546. The van der Waals surface area contributed by atoms with Crippen molar-refractivity contribution >= 4 is 5.97 Å². The van der Waals surface area contributed by atoms with Crippen LogP contribution in [0.2, 0.25) is 0 Å². The second-order valence-corrected chi connectivity index (χ2v) is 13.3. The number of unbranched alkanes of at least 4 members (excludes halogenated alkanes) is 32. The molecule has 2 nitrogen and oxygen atoms in total. The lowest BCUT2D eigenvalue weighted by molar-refractivity contribution is -0.143. The molecule has 246 valence electrons. The third-order valence-electron chi connectivity index (χ3n) is 9.00. The van der Waals surface area contributed by atoms with Gasteiger partial charge in [-0.1, -0.05) is 219 Å². The van der Waals surface area contributed by atoms with Crippen molar-refractivity contribution in [2.24, 2.45) is 0 Å². The van der Waals surface area contributed by atoms with Crippen LogP contribution in [0.5, 0.6) is 0 Å². The highest BCUT2D eigenvalue weighted by molar-refractivity contribution is 5.69. The van der Waals surface area contributed by atoms with Gasteiger partial charge >= 0.3 is 5.97 Å². The van der Waals surface area contributed by atoms with Gasteiger partial charge in [0.15, 0.2) is 0 Å². The summed E-state index contributed by atoms with van der Waals surface area (Å²) < 4.78 is 5.45. The second-order valence-electron chi connectivity index (χ2n) is 13.3. The lowest BCUT2D eigenvalue weighted by atomic mass is 10.0. The Morgan fingerprint density at radius 2 is 0.537 bits per heavy atom. The van der Waals surface area contributed by atoms with Crippen molar-refractivity contribution in [1.82, 2.24) is 0 Å². The number of hydrogen-bond donors (Lipinski definition) is 0. The summed E-state index contributed by atoms with van der Waals surface area (Å²) in [6, 6.07) is 0. The van der Waals surface area contributed by atoms with E-state index in [-0.39, 0.29) is 5.97 Å². The molecule has 0 aromatic heterocycles. The fraction of sp³-hybridized carbons (Fsp3) is 0.974. The zero-order chi connectivity index (χ0) is 29.7. The third kappa shape index (κ3) is 37.4. The van der Waals surface area contributed by atoms with E-state index in [9.17, 15) is 4.79 Å². The van der Waals surface area contributed by atoms with Gasteiger partial charge in [-0.05, 0) is 12.8 Å². The molecule has 0 fully saturated rings. The van der Waals surface area contributed by atoms with Crippen LogP contribution in [0.15, 0.2) is 0 Å². The average molecular weight is 579 g/mol. The van der Waals surface area contributed by atoms with E-state index in [1.165, 1.54) is 205 Å². The predicted molar refractivity (Wildman–Crippen MR) is 184 cm³/mol. The van der Waals surface area contributed by atoms with Crippen molar-refractivity contribution in [3.63, 3.8) is 0 Å². The lowest BCUT2D eigenvalue weighted by Crippen LogP contribution is -2.05. The van der Waals surface area contributed by atoms with Gasteiger partial charge in [0.1, 0.15) is 0 Å². The molecule has 0 aliphatic carbocycles. The van der Waals surface area contributed by atoms with Crippen LogP contribution in [0, 0.1) is 0 Å². The molecule has 0 saturated carbocycles. The van der Waals surface area contributed by atoms with E-state index < -0.39 is 0 Å². The Morgan fingerprint density at radius 3 is 0.805 bits per heavy atom. The lowest BCUT2D eigenvalue weighted by Gasteiger charge is -2.06. The molecule has 0 aliphatic heterocycles. The van der Waals surface area contributed by atoms with Crippen molar-refractivity contribution in [3.05, 3.63) is 0 Å². The van der Waals surface area contributed by atoms with Crippen LogP contribution >= 0.6 is 0 Å². The predicted octanol–water partition coefficient (Wildman–Crippen LogP) is 14.2. The van der Waals surface area contributed by atoms with E-state index in [2.05, 4.69) is 13.8 Å². The maximum Gasteiger partial charge on any atom is 0.305 e. The largest absolute Gasteiger partial charge is 0.466 e. The summed E-state index contributed by atoms with van der Waals surface area (Å²) in [5, 5.41) is 0. The van der Waals surface area contributed by atoms with Crippen molar-refractivity contribution < 1.29 is 9.53 Å². The molecule has 0 rings (SSSR count). The molecule has 0 bridgehead atoms. The Labute approximate surface area is 260 Å². The maximum absolute atomic E-state index is 11.9. The first-order chi connectivity index (χ1) is 20.3. The summed E-state index contributed by atoms with van der Waals surface area (Å²) in [6.45, 7) is 5.22. The van der Waals surface area contributed by atoms with Crippen LogP contribution in [0.25, 0.3) is 0 Å². The fourth-order valence-electron chi connectivity index (χ4n) is 6.08. The van der Waals surface area contributed by atoms with Crippen LogP contribution in [0.3, 0.4) is 0 Å². The standard InChI is InChI=1S/C39H78O2/c1-3-5-7-9-11-13-15-17-18-19-20-21-22-23-24-26-28-30-32-34-36-38-41-39(40)37-35-33-31-29-27-25-16-14-12-10-8-6-4-2/h3-38H2,1-2H3. The van der Waals surface area contributed by atoms with E-state index in [0.29, 0.717) is 13.0 Å². The summed E-state index contributed by atoms with van der Waals surface area (Å²) in [6.07, 6.45) is 47.5. The van der Waals surface area contributed by atoms with E-state index in [4.69, 9.17) is 4.74 Å². The van der Waals surface area contributed by atoms with Crippen LogP contribution in [0.4, 0.5) is 0 Å². The third-order valence-corrected chi connectivity index (χ3v) is 9.00. The van der Waals surface area contributed by atoms with E-state index in [1.807, 2.05) is 0 Å². The summed E-state index contributed by atoms with van der Waals surface area (Å²) in [5.41, 5.74) is 0. The number of ether oxygens (including phenoxy) is 1. The molecule has 0 N–H and O–H groups in total. The Morgan fingerprint density at radius 1 is 0.317 bits per heavy atom. The van der Waals surface area contributed by atoms with E-state index >= 15 is 0 Å². The number of rotatable bonds is 36. The first kappa shape index (κ1) is 40.5. The van der Waals surface area contributed by atoms with Gasteiger partial charge in [0.05, 0.1) is 6.61 Å². The van der Waals surface area contributed by atoms with Crippen molar-refractivity contribution in [2.45, 2.75) is 239 Å². The Hall–Kier alpha value is -0.530. The molecule has 2 heteroatoms. The number of carbonyl (C=O) groups is 1. The molecular weight excluding hydrogens is 500 g/mol. The molecule has 0 unspecified atom stereocenters. The Balaban J connectivity index is 3.13. The van der Waals surface area contributed by atoms with Crippen LogP contribution in [-0.4, -0.2) is 12.6 Å². The molecule has 0 aromatic carbocycles. The second kappa shape index (κ2) is 37.5. The minimum atomic E-state index is 0.0289.